The number of nitrogens with one attached hydrogen (secondary N) is 1. The molecule has 0 aliphatic carbocycles. The third-order valence-corrected chi connectivity index (χ3v) is 5.49. The first-order valence-electron chi connectivity index (χ1n) is 8.86. The van der Waals surface area contributed by atoms with E-state index in [1.54, 1.807) is 24.3 Å². The van der Waals surface area contributed by atoms with E-state index in [9.17, 15) is 13.2 Å². The van der Waals surface area contributed by atoms with Gasteiger partial charge in [-0.3, -0.25) is 4.79 Å². The standard InChI is InChI=1S/C21H21ClN2O3S/c1-3-16-18(12-24(2)20(16)17-6-4-5-7-19(17)22)21(25)23-15-10-8-14(9-11-15)13-28(26)27/h4-12,28H,3,13H2,1-2H3,(H,23,25). The lowest BCUT2D eigenvalue weighted by Crippen LogP contribution is -2.13. The van der Waals surface area contributed by atoms with Gasteiger partial charge in [-0.15, -0.1) is 0 Å². The summed E-state index contributed by atoms with van der Waals surface area (Å²) in [6, 6.07) is 14.4. The summed E-state index contributed by atoms with van der Waals surface area (Å²) in [4.78, 5) is 12.9. The molecule has 0 radical (unpaired) electrons. The van der Waals surface area contributed by atoms with Crippen molar-refractivity contribution in [3.05, 3.63) is 76.4 Å². The lowest BCUT2D eigenvalue weighted by atomic mass is 10.0. The number of carbonyl (C=O) groups excluding carboxylic acids is 1. The number of rotatable bonds is 6. The Balaban J connectivity index is 1.90. The Bertz CT molecular complexity index is 1080. The summed E-state index contributed by atoms with van der Waals surface area (Å²) in [5.74, 6) is -0.225. The zero-order valence-corrected chi connectivity index (χ0v) is 17.3. The fourth-order valence-corrected chi connectivity index (χ4v) is 4.01. The highest BCUT2D eigenvalue weighted by Crippen LogP contribution is 2.33. The van der Waals surface area contributed by atoms with Gasteiger partial charge in [-0.05, 0) is 35.7 Å². The molecule has 0 saturated heterocycles. The van der Waals surface area contributed by atoms with Crippen LogP contribution in [0.15, 0.2) is 54.7 Å². The Morgan fingerprint density at radius 2 is 1.79 bits per heavy atom. The van der Waals surface area contributed by atoms with Crippen LogP contribution in [0.4, 0.5) is 5.69 Å². The maximum Gasteiger partial charge on any atom is 0.257 e. The molecule has 0 bridgehead atoms. The topological polar surface area (TPSA) is 68.2 Å². The van der Waals surface area contributed by atoms with Gasteiger partial charge in [0.2, 0.25) is 0 Å². The first-order chi connectivity index (χ1) is 13.4. The minimum absolute atomic E-state index is 0.0105. The molecule has 0 atom stereocenters. The molecule has 0 unspecified atom stereocenters. The molecule has 28 heavy (non-hydrogen) atoms. The Morgan fingerprint density at radius 1 is 1.11 bits per heavy atom. The summed E-state index contributed by atoms with van der Waals surface area (Å²) in [6.07, 6.45) is 2.49. The number of amides is 1. The molecule has 3 aromatic rings. The molecular formula is C21H21ClN2O3S. The van der Waals surface area contributed by atoms with Crippen molar-refractivity contribution in [1.82, 2.24) is 4.57 Å². The van der Waals surface area contributed by atoms with Crippen LogP contribution in [-0.4, -0.2) is 18.9 Å². The second-order valence-electron chi connectivity index (χ2n) is 6.46. The number of hydrogen-bond acceptors (Lipinski definition) is 3. The number of thiol groups is 1. The molecule has 1 N–H and O–H groups in total. The molecule has 1 amide bonds. The Labute approximate surface area is 170 Å². The third kappa shape index (κ3) is 4.29. The highest BCUT2D eigenvalue weighted by Gasteiger charge is 2.20. The largest absolute Gasteiger partial charge is 0.349 e. The second kappa shape index (κ2) is 8.63. The van der Waals surface area contributed by atoms with Crippen LogP contribution in [0.25, 0.3) is 11.3 Å². The normalized spacial score (nSPS) is 11.0. The second-order valence-corrected chi connectivity index (χ2v) is 7.85. The van der Waals surface area contributed by atoms with Crippen LogP contribution < -0.4 is 5.32 Å². The average Bonchev–Trinajstić information content (AvgIpc) is 2.99. The highest BCUT2D eigenvalue weighted by molar-refractivity contribution is 7.71. The summed E-state index contributed by atoms with van der Waals surface area (Å²) in [6.45, 7) is 2.01. The Kier molecular flexibility index (Phi) is 6.21. The van der Waals surface area contributed by atoms with E-state index in [-0.39, 0.29) is 11.7 Å². The van der Waals surface area contributed by atoms with Crippen molar-refractivity contribution < 1.29 is 13.2 Å². The zero-order valence-electron chi connectivity index (χ0n) is 15.6. The van der Waals surface area contributed by atoms with Crippen molar-refractivity contribution in [3.63, 3.8) is 0 Å². The van der Waals surface area contributed by atoms with Gasteiger partial charge >= 0.3 is 0 Å². The SMILES string of the molecule is CCc1c(C(=O)Nc2ccc(C[SH](=O)=O)cc2)cn(C)c1-c1ccccc1Cl. The van der Waals surface area contributed by atoms with E-state index in [2.05, 4.69) is 5.32 Å². The van der Waals surface area contributed by atoms with Crippen molar-refractivity contribution in [2.24, 2.45) is 7.05 Å². The number of aryl methyl sites for hydroxylation is 1. The Hall–Kier alpha value is -2.57. The summed E-state index contributed by atoms with van der Waals surface area (Å²) >= 11 is 6.37. The maximum atomic E-state index is 12.9. The van der Waals surface area contributed by atoms with Gasteiger partial charge in [-0.1, -0.05) is 48.9 Å². The number of hydrogen-bond donors (Lipinski definition) is 2. The van der Waals surface area contributed by atoms with E-state index in [0.717, 1.165) is 16.8 Å². The van der Waals surface area contributed by atoms with E-state index >= 15 is 0 Å². The molecule has 3 rings (SSSR count). The van der Waals surface area contributed by atoms with Crippen molar-refractivity contribution in [2.45, 2.75) is 19.1 Å². The molecule has 1 aromatic heterocycles. The van der Waals surface area contributed by atoms with Gasteiger partial charge < -0.3 is 9.88 Å². The van der Waals surface area contributed by atoms with Gasteiger partial charge in [0.1, 0.15) is 10.7 Å². The van der Waals surface area contributed by atoms with E-state index in [1.807, 2.05) is 49.0 Å². The van der Waals surface area contributed by atoms with Gasteiger partial charge in [-0.25, -0.2) is 8.42 Å². The molecule has 7 heteroatoms. The number of nitrogens with zero attached hydrogens (tertiary/aromatic N) is 1. The van der Waals surface area contributed by atoms with Gasteiger partial charge in [-0.2, -0.15) is 0 Å². The lowest BCUT2D eigenvalue weighted by molar-refractivity contribution is 0.102. The van der Waals surface area contributed by atoms with Crippen molar-refractivity contribution in [2.75, 3.05) is 5.32 Å². The minimum atomic E-state index is -2.47. The molecule has 1 heterocycles. The van der Waals surface area contributed by atoms with Crippen LogP contribution >= 0.6 is 11.6 Å². The summed E-state index contributed by atoms with van der Waals surface area (Å²) < 4.78 is 23.6. The number of anilines is 1. The molecule has 0 aliphatic rings. The van der Waals surface area contributed by atoms with Crippen molar-refractivity contribution in [1.29, 1.82) is 0 Å². The number of benzene rings is 2. The predicted molar refractivity (Wildman–Crippen MR) is 114 cm³/mol. The monoisotopic (exact) mass is 416 g/mol. The third-order valence-electron chi connectivity index (χ3n) is 4.54. The van der Waals surface area contributed by atoms with Gasteiger partial charge in [0.15, 0.2) is 0 Å². The molecule has 0 aliphatic heterocycles. The van der Waals surface area contributed by atoms with E-state index < -0.39 is 10.7 Å². The van der Waals surface area contributed by atoms with Crippen LogP contribution in [0.3, 0.4) is 0 Å². The van der Waals surface area contributed by atoms with Crippen LogP contribution in [0.1, 0.15) is 28.4 Å². The summed E-state index contributed by atoms with van der Waals surface area (Å²) in [5.41, 5.74) is 4.62. The first-order valence-corrected chi connectivity index (χ1v) is 10.6. The molecule has 0 fully saturated rings. The Morgan fingerprint density at radius 3 is 2.39 bits per heavy atom. The van der Waals surface area contributed by atoms with Crippen molar-refractivity contribution in [3.8, 4) is 11.3 Å². The molecule has 5 nitrogen and oxygen atoms in total. The van der Waals surface area contributed by atoms with Gasteiger partial charge in [0.05, 0.1) is 17.0 Å². The zero-order chi connectivity index (χ0) is 20.3. The highest BCUT2D eigenvalue weighted by atomic mass is 35.5. The lowest BCUT2D eigenvalue weighted by Gasteiger charge is -2.10. The van der Waals surface area contributed by atoms with Crippen LogP contribution in [0.5, 0.6) is 0 Å². The predicted octanol–water partition coefficient (Wildman–Crippen LogP) is 4.27. The van der Waals surface area contributed by atoms with Crippen LogP contribution in [0.2, 0.25) is 5.02 Å². The number of carbonyl (C=O) groups is 1. The fourth-order valence-electron chi connectivity index (χ4n) is 3.28. The summed E-state index contributed by atoms with van der Waals surface area (Å²) in [5, 5.41) is 3.52. The maximum absolute atomic E-state index is 12.9. The smallest absolute Gasteiger partial charge is 0.257 e. The number of halogens is 1. The van der Waals surface area contributed by atoms with Gasteiger partial charge in [0, 0.05) is 29.5 Å². The molecule has 146 valence electrons. The van der Waals surface area contributed by atoms with Crippen LogP contribution in [-0.2, 0) is 29.9 Å². The molecule has 2 aromatic carbocycles. The summed E-state index contributed by atoms with van der Waals surface area (Å²) in [7, 11) is -0.576. The van der Waals surface area contributed by atoms with Crippen LogP contribution in [0, 0.1) is 0 Å². The average molecular weight is 417 g/mol. The van der Waals surface area contributed by atoms with Crippen molar-refractivity contribution >= 4 is 33.9 Å². The van der Waals surface area contributed by atoms with E-state index in [0.29, 0.717) is 28.3 Å². The first kappa shape index (κ1) is 20.2. The van der Waals surface area contributed by atoms with E-state index in [1.165, 1.54) is 0 Å². The van der Waals surface area contributed by atoms with Gasteiger partial charge in [0.25, 0.3) is 5.91 Å². The number of aromatic nitrogens is 1. The quantitative estimate of drug-likeness (QED) is 0.589. The molecule has 0 saturated carbocycles. The fraction of sp³-hybridized carbons (Fsp3) is 0.190. The minimum Gasteiger partial charge on any atom is -0.349 e. The van der Waals surface area contributed by atoms with E-state index in [4.69, 9.17) is 11.6 Å². The molecular weight excluding hydrogens is 396 g/mol. The molecule has 0 spiro atoms.